The zero-order valence-corrected chi connectivity index (χ0v) is 17.7. The van der Waals surface area contributed by atoms with Crippen molar-refractivity contribution in [3.63, 3.8) is 0 Å². The molecule has 2 N–H and O–H groups in total. The normalized spacial score (nSPS) is 11.9. The lowest BCUT2D eigenvalue weighted by molar-refractivity contribution is -0.117. The van der Waals surface area contributed by atoms with Gasteiger partial charge in [-0.15, -0.1) is 0 Å². The highest BCUT2D eigenvalue weighted by Crippen LogP contribution is 2.28. The van der Waals surface area contributed by atoms with Crippen LogP contribution < -0.4 is 10.0 Å². The summed E-state index contributed by atoms with van der Waals surface area (Å²) in [6.07, 6.45) is 0.506. The van der Waals surface area contributed by atoms with Crippen LogP contribution in [0.15, 0.2) is 46.3 Å². The number of rotatable bonds is 7. The molecule has 2 aromatic rings. The fourth-order valence-electron chi connectivity index (χ4n) is 2.35. The van der Waals surface area contributed by atoms with Crippen molar-refractivity contribution in [3.05, 3.63) is 47.7 Å². The minimum Gasteiger partial charge on any atom is -0.325 e. The number of anilines is 1. The first-order valence-electron chi connectivity index (χ1n) is 8.65. The molecule has 29 heavy (non-hydrogen) atoms. The molecule has 2 rings (SSSR count). The zero-order chi connectivity index (χ0) is 21.6. The summed E-state index contributed by atoms with van der Waals surface area (Å²) in [7, 11) is -3.93. The number of nitrogens with one attached hydrogen (secondary N) is 2. The Labute approximate surface area is 173 Å². The third-order valence-electron chi connectivity index (χ3n) is 3.75. The summed E-state index contributed by atoms with van der Waals surface area (Å²) < 4.78 is 25.8. The molecule has 152 valence electrons. The van der Waals surface area contributed by atoms with Crippen LogP contribution in [0.4, 0.5) is 5.69 Å². The second-order valence-electron chi connectivity index (χ2n) is 6.11. The van der Waals surface area contributed by atoms with Crippen molar-refractivity contribution in [1.29, 1.82) is 5.26 Å². The number of amides is 2. The highest BCUT2D eigenvalue weighted by molar-refractivity contribution is 8.00. The first kappa shape index (κ1) is 22.4. The summed E-state index contributed by atoms with van der Waals surface area (Å²) in [6, 6.07) is 11.0. The van der Waals surface area contributed by atoms with E-state index in [0.717, 1.165) is 12.6 Å². The number of nitrogens with zero attached hydrogens (tertiary/aromatic N) is 2. The van der Waals surface area contributed by atoms with Crippen LogP contribution in [-0.2, 0) is 19.6 Å². The molecular weight excluding hydrogens is 412 g/mol. The first-order chi connectivity index (χ1) is 13.7. The van der Waals surface area contributed by atoms with Crippen molar-refractivity contribution in [1.82, 2.24) is 9.71 Å². The number of hydrogen-bond donors (Lipinski definition) is 2. The van der Waals surface area contributed by atoms with Gasteiger partial charge in [0, 0.05) is 18.3 Å². The van der Waals surface area contributed by atoms with Crippen molar-refractivity contribution < 1.29 is 18.0 Å². The van der Waals surface area contributed by atoms with Gasteiger partial charge in [-0.05, 0) is 49.7 Å². The lowest BCUT2D eigenvalue weighted by Crippen LogP contribution is -2.28. The fourth-order valence-corrected chi connectivity index (χ4v) is 4.38. The predicted molar refractivity (Wildman–Crippen MR) is 110 cm³/mol. The van der Waals surface area contributed by atoms with E-state index in [4.69, 9.17) is 0 Å². The Bertz CT molecular complexity index is 1060. The van der Waals surface area contributed by atoms with Crippen molar-refractivity contribution in [2.24, 2.45) is 0 Å². The molecule has 0 saturated heterocycles. The van der Waals surface area contributed by atoms with Gasteiger partial charge in [-0.25, -0.2) is 18.1 Å². The number of benzene rings is 1. The molecule has 0 bridgehead atoms. The number of thioether (sulfide) groups is 1. The number of nitriles is 1. The fraction of sp³-hybridized carbons (Fsp3) is 0.263. The van der Waals surface area contributed by atoms with Gasteiger partial charge in [0.05, 0.1) is 15.7 Å². The summed E-state index contributed by atoms with van der Waals surface area (Å²) in [5.41, 5.74) is 1.56. The van der Waals surface area contributed by atoms with Crippen LogP contribution in [0.3, 0.4) is 0 Å². The van der Waals surface area contributed by atoms with E-state index in [-0.39, 0.29) is 10.8 Å². The molecule has 0 spiro atoms. The molecule has 1 unspecified atom stereocenters. The molecule has 0 saturated carbocycles. The third kappa shape index (κ3) is 6.04. The number of hydrogen-bond acceptors (Lipinski definition) is 7. The highest BCUT2D eigenvalue weighted by atomic mass is 32.2. The zero-order valence-electron chi connectivity index (χ0n) is 16.1. The van der Waals surface area contributed by atoms with Gasteiger partial charge >= 0.3 is 0 Å². The van der Waals surface area contributed by atoms with E-state index < -0.39 is 21.2 Å². The van der Waals surface area contributed by atoms with Crippen LogP contribution in [0.2, 0.25) is 0 Å². The Balaban J connectivity index is 2.13. The number of aryl methyl sites for hydroxylation is 1. The molecule has 0 radical (unpaired) electrons. The summed E-state index contributed by atoms with van der Waals surface area (Å²) in [4.78, 5) is 27.9. The molecule has 1 aromatic carbocycles. The second-order valence-corrected chi connectivity index (χ2v) is 8.98. The molecule has 8 nitrogen and oxygen atoms in total. The van der Waals surface area contributed by atoms with Gasteiger partial charge in [0.15, 0.2) is 0 Å². The van der Waals surface area contributed by atoms with Gasteiger partial charge in [0.25, 0.3) is 10.0 Å². The Kier molecular flexibility index (Phi) is 7.36. The molecule has 0 aliphatic rings. The van der Waals surface area contributed by atoms with Crippen molar-refractivity contribution in [3.8, 4) is 6.07 Å². The quantitative estimate of drug-likeness (QED) is 0.643. The van der Waals surface area contributed by atoms with E-state index in [1.165, 1.54) is 36.0 Å². The molecule has 1 heterocycles. The standard InChI is InChI=1S/C19H20N4O4S2/c1-4-17(28-19-14(11-20)6-5-12(2)21-19)18(25)22-15-7-9-16(10-8-15)29(26,27)23-13(3)24/h5-10,17H,4H2,1-3H3,(H,22,25)(H,23,24). The van der Waals surface area contributed by atoms with Gasteiger partial charge < -0.3 is 5.32 Å². The molecule has 1 aromatic heterocycles. The molecule has 0 aliphatic carbocycles. The van der Waals surface area contributed by atoms with Gasteiger partial charge in [0.1, 0.15) is 11.1 Å². The van der Waals surface area contributed by atoms with E-state index in [0.29, 0.717) is 22.7 Å². The largest absolute Gasteiger partial charge is 0.325 e. The van der Waals surface area contributed by atoms with Crippen molar-refractivity contribution in [2.75, 3.05) is 5.32 Å². The summed E-state index contributed by atoms with van der Waals surface area (Å²) in [5, 5.41) is 12.0. The average Bonchev–Trinajstić information content (AvgIpc) is 2.65. The maximum Gasteiger partial charge on any atom is 0.264 e. The lowest BCUT2D eigenvalue weighted by atomic mass is 10.2. The summed E-state index contributed by atoms with van der Waals surface area (Å²) in [6.45, 7) is 4.76. The van der Waals surface area contributed by atoms with Crippen molar-refractivity contribution in [2.45, 2.75) is 42.4 Å². The van der Waals surface area contributed by atoms with Crippen molar-refractivity contribution >= 4 is 39.3 Å². The summed E-state index contributed by atoms with van der Waals surface area (Å²) >= 11 is 1.21. The minimum absolute atomic E-state index is 0.0882. The van der Waals surface area contributed by atoms with Crippen LogP contribution in [0.25, 0.3) is 0 Å². The number of sulfonamides is 1. The van der Waals surface area contributed by atoms with Gasteiger partial charge in [-0.1, -0.05) is 18.7 Å². The van der Waals surface area contributed by atoms with Crippen LogP contribution in [0, 0.1) is 18.3 Å². The SMILES string of the molecule is CCC(Sc1nc(C)ccc1C#N)C(=O)Nc1ccc(S(=O)(=O)NC(C)=O)cc1. The molecule has 1 atom stereocenters. The Morgan fingerprint density at radius 3 is 2.41 bits per heavy atom. The smallest absolute Gasteiger partial charge is 0.264 e. The van der Waals surface area contributed by atoms with Gasteiger partial charge in [-0.3, -0.25) is 9.59 Å². The second kappa shape index (κ2) is 9.54. The Morgan fingerprint density at radius 2 is 1.86 bits per heavy atom. The monoisotopic (exact) mass is 432 g/mol. The summed E-state index contributed by atoms with van der Waals surface area (Å²) in [5.74, 6) is -0.978. The molecule has 10 heteroatoms. The molecule has 2 amide bonds. The topological polar surface area (TPSA) is 129 Å². The highest BCUT2D eigenvalue weighted by Gasteiger charge is 2.21. The van der Waals surface area contributed by atoms with Crippen LogP contribution in [-0.4, -0.2) is 30.5 Å². The number of aromatic nitrogens is 1. The molecule has 0 fully saturated rings. The number of carbonyl (C=O) groups is 2. The predicted octanol–water partition coefficient (Wildman–Crippen LogP) is 2.60. The molecule has 0 aliphatic heterocycles. The van der Waals surface area contributed by atoms with E-state index in [2.05, 4.69) is 16.4 Å². The average molecular weight is 433 g/mol. The Morgan fingerprint density at radius 1 is 1.21 bits per heavy atom. The third-order valence-corrected chi connectivity index (χ3v) is 6.56. The van der Waals surface area contributed by atoms with Gasteiger partial charge in [0.2, 0.25) is 11.8 Å². The van der Waals surface area contributed by atoms with Crippen LogP contribution in [0.5, 0.6) is 0 Å². The number of carbonyl (C=O) groups excluding carboxylic acids is 2. The van der Waals surface area contributed by atoms with E-state index in [9.17, 15) is 23.3 Å². The minimum atomic E-state index is -3.93. The van der Waals surface area contributed by atoms with Gasteiger partial charge in [-0.2, -0.15) is 5.26 Å². The number of pyridine rings is 1. The van der Waals surface area contributed by atoms with Crippen LogP contribution in [0.1, 0.15) is 31.5 Å². The van der Waals surface area contributed by atoms with E-state index in [1.54, 1.807) is 12.1 Å². The van der Waals surface area contributed by atoms with Crippen LogP contribution >= 0.6 is 11.8 Å². The maximum atomic E-state index is 12.6. The first-order valence-corrected chi connectivity index (χ1v) is 11.0. The lowest BCUT2D eigenvalue weighted by Gasteiger charge is -2.15. The maximum absolute atomic E-state index is 12.6. The Hall–Kier alpha value is -2.90. The van der Waals surface area contributed by atoms with E-state index in [1.807, 2.05) is 18.6 Å². The van der Waals surface area contributed by atoms with E-state index >= 15 is 0 Å². The molecular formula is C19H20N4O4S2.